The van der Waals surface area contributed by atoms with E-state index in [1.54, 1.807) is 11.3 Å². The molecule has 0 saturated heterocycles. The summed E-state index contributed by atoms with van der Waals surface area (Å²) in [5.74, 6) is -1.19. The molecule has 3 nitrogen and oxygen atoms in total. The Morgan fingerprint density at radius 3 is 2.27 bits per heavy atom. The molecule has 0 amide bonds. The number of halogens is 2. The van der Waals surface area contributed by atoms with Gasteiger partial charge in [-0.2, -0.15) is 0 Å². The molecule has 1 radical (unpaired) electrons. The number of aliphatic hydroxyl groups excluding tert-OH is 1. The smallest absolute Gasteiger partial charge is 0.161 e. The van der Waals surface area contributed by atoms with Crippen molar-refractivity contribution in [3.63, 3.8) is 0 Å². The van der Waals surface area contributed by atoms with E-state index in [9.17, 15) is 18.7 Å². The van der Waals surface area contributed by atoms with E-state index in [2.05, 4.69) is 18.2 Å². The van der Waals surface area contributed by atoms with Crippen LogP contribution in [-0.4, -0.2) is 15.9 Å². The van der Waals surface area contributed by atoms with Crippen molar-refractivity contribution in [1.82, 2.24) is 4.98 Å². The second-order valence-electron chi connectivity index (χ2n) is 9.12. The first-order valence-corrected chi connectivity index (χ1v) is 12.5. The van der Waals surface area contributed by atoms with Crippen LogP contribution in [0.5, 0.6) is 0 Å². The van der Waals surface area contributed by atoms with E-state index in [1.807, 2.05) is 64.1 Å². The number of hydrogen-bond donors (Lipinski definition) is 1. The average molecular weight is 695 g/mol. The Hall–Kier alpha value is -2.99. The molecule has 0 bridgehead atoms. The van der Waals surface area contributed by atoms with E-state index >= 15 is 0 Å². The van der Waals surface area contributed by atoms with Crippen LogP contribution in [0.15, 0.2) is 72.5 Å². The van der Waals surface area contributed by atoms with Gasteiger partial charge in [0, 0.05) is 80.9 Å². The molecule has 193 valence electrons. The van der Waals surface area contributed by atoms with Gasteiger partial charge in [0.1, 0.15) is 0 Å². The number of pyridine rings is 1. The molecule has 0 aliphatic rings. The third-order valence-electron chi connectivity index (χ3n) is 5.72. The molecular weight excluding hydrogens is 669 g/mol. The molecule has 1 N–H and O–H groups in total. The van der Waals surface area contributed by atoms with Crippen molar-refractivity contribution >= 4 is 48.2 Å². The molecule has 0 spiro atoms. The minimum Gasteiger partial charge on any atom is -0.512 e. The summed E-state index contributed by atoms with van der Waals surface area (Å²) in [6.45, 7) is 7.32. The van der Waals surface area contributed by atoms with Gasteiger partial charge in [0.2, 0.25) is 0 Å². The largest absolute Gasteiger partial charge is 0.512 e. The minimum atomic E-state index is -0.723. The van der Waals surface area contributed by atoms with Gasteiger partial charge in [0.25, 0.3) is 0 Å². The second-order valence-corrected chi connectivity index (χ2v) is 10.2. The summed E-state index contributed by atoms with van der Waals surface area (Å²) in [6, 6.07) is 20.7. The molecule has 2 heterocycles. The quantitative estimate of drug-likeness (QED) is 0.116. The Kier molecular flexibility index (Phi) is 9.30. The van der Waals surface area contributed by atoms with Gasteiger partial charge in [-0.3, -0.25) is 9.78 Å². The van der Waals surface area contributed by atoms with E-state index in [-0.39, 0.29) is 43.5 Å². The third-order valence-corrected chi connectivity index (χ3v) is 6.90. The average Bonchev–Trinajstić information content (AvgIpc) is 3.23. The molecule has 0 fully saturated rings. The summed E-state index contributed by atoms with van der Waals surface area (Å²) in [7, 11) is 0. The Morgan fingerprint density at radius 1 is 0.973 bits per heavy atom. The van der Waals surface area contributed by atoms with Crippen molar-refractivity contribution in [3.8, 4) is 11.3 Å². The van der Waals surface area contributed by atoms with Crippen molar-refractivity contribution in [2.24, 2.45) is 11.8 Å². The second kappa shape index (κ2) is 12.0. The molecule has 7 heteroatoms. The van der Waals surface area contributed by atoms with Crippen LogP contribution in [0.1, 0.15) is 27.7 Å². The molecule has 2 aromatic heterocycles. The van der Waals surface area contributed by atoms with Crippen LogP contribution in [-0.2, 0) is 24.9 Å². The standard InChI is InChI=1S/C21H10F2NS.C9H16O2.Ir/c22-13-9-12(10-14(23)11-13)20-21-19(15-5-1-3-7-17(15)24-20)16-6-2-4-8-18(16)25-21;1-6(2)8(10)5-9(11)7(3)4;/h1-9,11H;5-7,10H,1-4H3;/q-1;;/b;8-5-;. The van der Waals surface area contributed by atoms with Gasteiger partial charge in [0.15, 0.2) is 5.78 Å². The third kappa shape index (κ3) is 6.29. The van der Waals surface area contributed by atoms with E-state index < -0.39 is 11.6 Å². The van der Waals surface area contributed by atoms with Gasteiger partial charge in [0.05, 0.1) is 11.3 Å². The van der Waals surface area contributed by atoms with E-state index in [1.165, 1.54) is 12.1 Å². The van der Waals surface area contributed by atoms with Crippen molar-refractivity contribution in [2.45, 2.75) is 27.7 Å². The zero-order valence-corrected chi connectivity index (χ0v) is 24.0. The van der Waals surface area contributed by atoms with Gasteiger partial charge < -0.3 is 5.11 Å². The van der Waals surface area contributed by atoms with E-state index in [4.69, 9.17) is 4.98 Å². The summed E-state index contributed by atoms with van der Waals surface area (Å²) in [6.07, 6.45) is 1.31. The molecule has 0 atom stereocenters. The molecule has 3 aromatic carbocycles. The Balaban J connectivity index is 0.000000273. The number of thiophene rings is 1. The van der Waals surface area contributed by atoms with Crippen molar-refractivity contribution < 1.29 is 38.8 Å². The number of aromatic nitrogens is 1. The van der Waals surface area contributed by atoms with Crippen LogP contribution < -0.4 is 0 Å². The van der Waals surface area contributed by atoms with Crippen molar-refractivity contribution in [2.75, 3.05) is 0 Å². The van der Waals surface area contributed by atoms with Crippen LogP contribution >= 0.6 is 11.3 Å². The predicted octanol–water partition coefficient (Wildman–Crippen LogP) is 8.65. The molecule has 0 saturated carbocycles. The zero-order chi connectivity index (χ0) is 26.0. The summed E-state index contributed by atoms with van der Waals surface area (Å²) in [5.41, 5.74) is 1.69. The van der Waals surface area contributed by atoms with Crippen LogP contribution in [0.3, 0.4) is 0 Å². The number of carbonyl (C=O) groups is 1. The van der Waals surface area contributed by atoms with Gasteiger partial charge in [-0.25, -0.2) is 8.78 Å². The number of hydrogen-bond acceptors (Lipinski definition) is 4. The van der Waals surface area contributed by atoms with Gasteiger partial charge in [-0.1, -0.05) is 70.2 Å². The summed E-state index contributed by atoms with van der Waals surface area (Å²) in [4.78, 5) is 15.7. The van der Waals surface area contributed by atoms with Crippen molar-refractivity contribution in [1.29, 1.82) is 0 Å². The predicted molar refractivity (Wildman–Crippen MR) is 144 cm³/mol. The summed E-state index contributed by atoms with van der Waals surface area (Å²) in [5, 5.41) is 12.4. The molecule has 0 aliphatic heterocycles. The van der Waals surface area contributed by atoms with E-state index in [0.29, 0.717) is 11.3 Å². The Labute approximate surface area is 232 Å². The number of allylic oxidation sites excluding steroid dienone is 2. The number of ketones is 1. The van der Waals surface area contributed by atoms with Crippen LogP contribution in [0.25, 0.3) is 42.3 Å². The van der Waals surface area contributed by atoms with Crippen LogP contribution in [0.2, 0.25) is 0 Å². The Bertz CT molecular complexity index is 1590. The number of fused-ring (bicyclic) bond motifs is 5. The molecule has 5 rings (SSSR count). The van der Waals surface area contributed by atoms with Gasteiger partial charge in [-0.15, -0.1) is 29.0 Å². The SMILES string of the molecule is CC(C)C(=O)/C=C(\O)C(C)C.Fc1[c-]c(-c2nc3ccccc3c3c2sc2ccccc23)cc(F)c1.[Ir]. The Morgan fingerprint density at radius 2 is 1.62 bits per heavy atom. The fraction of sp³-hybridized carbons (Fsp3) is 0.200. The topological polar surface area (TPSA) is 50.2 Å². The zero-order valence-electron chi connectivity index (χ0n) is 20.8. The molecule has 0 aliphatic carbocycles. The van der Waals surface area contributed by atoms with E-state index in [0.717, 1.165) is 37.1 Å². The fourth-order valence-corrected chi connectivity index (χ4v) is 4.94. The number of aliphatic hydroxyl groups is 1. The maximum atomic E-state index is 13.7. The van der Waals surface area contributed by atoms with Crippen LogP contribution in [0.4, 0.5) is 8.78 Å². The maximum absolute atomic E-state index is 13.7. The monoisotopic (exact) mass is 695 g/mol. The minimum absolute atomic E-state index is 0. The first-order chi connectivity index (χ1) is 17.2. The summed E-state index contributed by atoms with van der Waals surface area (Å²) >= 11 is 1.58. The normalized spacial score (nSPS) is 11.6. The molecule has 5 aromatic rings. The fourth-order valence-electron chi connectivity index (χ4n) is 3.72. The first kappa shape index (κ1) is 28.6. The number of rotatable bonds is 4. The van der Waals surface area contributed by atoms with Gasteiger partial charge in [-0.05, 0) is 12.1 Å². The first-order valence-electron chi connectivity index (χ1n) is 11.7. The summed E-state index contributed by atoms with van der Waals surface area (Å²) < 4.78 is 29.5. The maximum Gasteiger partial charge on any atom is 0.161 e. The number of nitrogens with zero attached hydrogens (tertiary/aromatic N) is 1. The van der Waals surface area contributed by atoms with Gasteiger partial charge >= 0.3 is 0 Å². The number of carbonyl (C=O) groups excluding carboxylic acids is 1. The number of benzene rings is 3. The molecule has 37 heavy (non-hydrogen) atoms. The van der Waals surface area contributed by atoms with Crippen molar-refractivity contribution in [3.05, 3.63) is 90.2 Å². The molecule has 0 unspecified atom stereocenters. The molecular formula is C30H26F2IrNO2S-. The number of para-hydroxylation sites is 1. The van der Waals surface area contributed by atoms with Crippen LogP contribution in [0, 0.1) is 29.5 Å².